The van der Waals surface area contributed by atoms with Gasteiger partial charge in [0.2, 0.25) is 0 Å². The van der Waals surface area contributed by atoms with Gasteiger partial charge in [0, 0.05) is 5.39 Å². The Labute approximate surface area is 163 Å². The van der Waals surface area contributed by atoms with Crippen LogP contribution in [0, 0.1) is 18.6 Å². The van der Waals surface area contributed by atoms with Crippen molar-refractivity contribution in [3.63, 3.8) is 0 Å². The van der Waals surface area contributed by atoms with Gasteiger partial charge >= 0.3 is 11.9 Å². The number of hydrogen-bond acceptors (Lipinski definition) is 5. The summed E-state index contributed by atoms with van der Waals surface area (Å²) in [5.41, 5.74) is 1.23. The maximum absolute atomic E-state index is 13.4. The van der Waals surface area contributed by atoms with E-state index in [1.54, 1.807) is 25.1 Å². The Hall–Kier alpha value is -3.06. The zero-order valence-corrected chi connectivity index (χ0v) is 15.6. The van der Waals surface area contributed by atoms with Crippen LogP contribution in [0.5, 0.6) is 0 Å². The minimum Gasteiger partial charge on any atom is -0.465 e. The van der Waals surface area contributed by atoms with Crippen LogP contribution in [0.3, 0.4) is 0 Å². The van der Waals surface area contributed by atoms with Crippen LogP contribution in [-0.4, -0.2) is 24.0 Å². The Bertz CT molecular complexity index is 1100. The maximum Gasteiger partial charge on any atom is 0.340 e. The molecule has 8 heteroatoms. The first kappa shape index (κ1) is 19.7. The molecule has 3 rings (SSSR count). The van der Waals surface area contributed by atoms with Crippen LogP contribution in [0.1, 0.15) is 32.0 Å². The number of halogens is 3. The summed E-state index contributed by atoms with van der Waals surface area (Å²) in [6.07, 6.45) is 0. The van der Waals surface area contributed by atoms with Crippen molar-refractivity contribution in [3.8, 4) is 0 Å². The van der Waals surface area contributed by atoms with E-state index >= 15 is 0 Å². The summed E-state index contributed by atoms with van der Waals surface area (Å²) in [4.78, 5) is 28.9. The molecule has 3 aromatic rings. The van der Waals surface area contributed by atoms with Crippen LogP contribution in [-0.2, 0) is 16.1 Å². The highest BCUT2D eigenvalue weighted by atomic mass is 35.5. The average Bonchev–Trinajstić information content (AvgIpc) is 2.68. The SMILES string of the molecule is COC(=O)c1c(COC(=O)c2cc(F)c(F)cc2Cl)nc2ccccc2c1C. The van der Waals surface area contributed by atoms with Gasteiger partial charge in [-0.15, -0.1) is 0 Å². The minimum absolute atomic E-state index is 0.172. The first-order chi connectivity index (χ1) is 13.3. The third-order valence-corrected chi connectivity index (χ3v) is 4.50. The van der Waals surface area contributed by atoms with Gasteiger partial charge in [-0.2, -0.15) is 0 Å². The molecule has 0 N–H and O–H groups in total. The molecule has 0 fully saturated rings. The van der Waals surface area contributed by atoms with E-state index in [-0.39, 0.29) is 28.5 Å². The van der Waals surface area contributed by atoms with E-state index in [9.17, 15) is 18.4 Å². The van der Waals surface area contributed by atoms with Crippen LogP contribution in [0.25, 0.3) is 10.9 Å². The predicted octanol–water partition coefficient (Wildman–Crippen LogP) is 4.62. The predicted molar refractivity (Wildman–Crippen MR) is 98.3 cm³/mol. The highest BCUT2D eigenvalue weighted by Gasteiger charge is 2.22. The maximum atomic E-state index is 13.4. The number of rotatable bonds is 4. The fraction of sp³-hybridized carbons (Fsp3) is 0.150. The Morgan fingerprint density at radius 2 is 1.79 bits per heavy atom. The smallest absolute Gasteiger partial charge is 0.340 e. The Morgan fingerprint density at radius 1 is 1.11 bits per heavy atom. The lowest BCUT2D eigenvalue weighted by atomic mass is 10.0. The molecular weight excluding hydrogens is 392 g/mol. The standard InChI is InChI=1S/C20H14ClF2NO4/c1-10-11-5-3-4-6-16(11)24-17(18(10)20(26)27-2)9-28-19(25)12-7-14(22)15(23)8-13(12)21/h3-8H,9H2,1-2H3. The normalized spacial score (nSPS) is 10.8. The van der Waals surface area contributed by atoms with Crippen molar-refractivity contribution >= 4 is 34.4 Å². The Kier molecular flexibility index (Phi) is 5.56. The second-order valence-electron chi connectivity index (χ2n) is 5.89. The average molecular weight is 406 g/mol. The van der Waals surface area contributed by atoms with Crippen molar-refractivity contribution in [1.29, 1.82) is 0 Å². The molecule has 0 aliphatic heterocycles. The molecule has 0 spiro atoms. The molecule has 0 aliphatic carbocycles. The monoisotopic (exact) mass is 405 g/mol. The summed E-state index contributed by atoms with van der Waals surface area (Å²) in [6, 6.07) is 8.49. The lowest BCUT2D eigenvalue weighted by molar-refractivity contribution is 0.0455. The summed E-state index contributed by atoms with van der Waals surface area (Å²) in [5, 5.41) is 0.460. The fourth-order valence-corrected chi connectivity index (χ4v) is 3.04. The van der Waals surface area contributed by atoms with E-state index < -0.39 is 23.6 Å². The molecule has 144 valence electrons. The van der Waals surface area contributed by atoms with Gasteiger partial charge < -0.3 is 9.47 Å². The molecule has 0 aliphatic rings. The molecule has 0 amide bonds. The van der Waals surface area contributed by atoms with Gasteiger partial charge in [-0.05, 0) is 30.7 Å². The van der Waals surface area contributed by atoms with Gasteiger partial charge in [0.05, 0.1) is 34.5 Å². The zero-order chi connectivity index (χ0) is 20.4. The fourth-order valence-electron chi connectivity index (χ4n) is 2.81. The number of carbonyl (C=O) groups excluding carboxylic acids is 2. The second-order valence-corrected chi connectivity index (χ2v) is 6.30. The van der Waals surface area contributed by atoms with Crippen molar-refractivity contribution < 1.29 is 27.8 Å². The van der Waals surface area contributed by atoms with E-state index in [2.05, 4.69) is 4.98 Å². The quantitative estimate of drug-likeness (QED) is 0.468. The number of carbonyl (C=O) groups is 2. The summed E-state index contributed by atoms with van der Waals surface area (Å²) in [7, 11) is 1.23. The summed E-state index contributed by atoms with van der Waals surface area (Å²) in [6.45, 7) is 1.35. The highest BCUT2D eigenvalue weighted by Crippen LogP contribution is 2.25. The molecule has 5 nitrogen and oxygen atoms in total. The second kappa shape index (κ2) is 7.90. The first-order valence-corrected chi connectivity index (χ1v) is 8.49. The van der Waals surface area contributed by atoms with Gasteiger partial charge in [-0.3, -0.25) is 0 Å². The van der Waals surface area contributed by atoms with Crippen LogP contribution in [0.4, 0.5) is 8.78 Å². The lowest BCUT2D eigenvalue weighted by Gasteiger charge is -2.13. The third-order valence-electron chi connectivity index (χ3n) is 4.19. The number of esters is 2. The van der Waals surface area contributed by atoms with E-state index in [1.165, 1.54) is 7.11 Å². The van der Waals surface area contributed by atoms with E-state index in [4.69, 9.17) is 21.1 Å². The van der Waals surface area contributed by atoms with Crippen LogP contribution < -0.4 is 0 Å². The largest absolute Gasteiger partial charge is 0.465 e. The van der Waals surface area contributed by atoms with Crippen molar-refractivity contribution in [1.82, 2.24) is 4.98 Å². The summed E-state index contributed by atoms with van der Waals surface area (Å²) < 4.78 is 36.5. The highest BCUT2D eigenvalue weighted by molar-refractivity contribution is 6.33. The number of nitrogens with zero attached hydrogens (tertiary/aromatic N) is 1. The summed E-state index contributed by atoms with van der Waals surface area (Å²) >= 11 is 5.79. The van der Waals surface area contributed by atoms with Gasteiger partial charge in [0.15, 0.2) is 11.6 Å². The van der Waals surface area contributed by atoms with Crippen molar-refractivity contribution in [2.24, 2.45) is 0 Å². The molecule has 1 aromatic heterocycles. The molecule has 0 bridgehead atoms. The van der Waals surface area contributed by atoms with Gasteiger partial charge in [-0.1, -0.05) is 29.8 Å². The van der Waals surface area contributed by atoms with E-state index in [0.717, 1.165) is 5.39 Å². The van der Waals surface area contributed by atoms with E-state index in [1.807, 2.05) is 6.07 Å². The van der Waals surface area contributed by atoms with Crippen molar-refractivity contribution in [2.75, 3.05) is 7.11 Å². The lowest BCUT2D eigenvalue weighted by Crippen LogP contribution is -2.14. The summed E-state index contributed by atoms with van der Waals surface area (Å²) in [5.74, 6) is -4.02. The number of para-hydroxylation sites is 1. The Morgan fingerprint density at radius 3 is 2.50 bits per heavy atom. The van der Waals surface area contributed by atoms with Crippen LogP contribution >= 0.6 is 11.6 Å². The number of pyridine rings is 1. The van der Waals surface area contributed by atoms with Crippen LogP contribution in [0.2, 0.25) is 5.02 Å². The topological polar surface area (TPSA) is 65.5 Å². The molecule has 0 saturated carbocycles. The number of aryl methyl sites for hydroxylation is 1. The van der Waals surface area contributed by atoms with Gasteiger partial charge in [0.25, 0.3) is 0 Å². The molecule has 0 radical (unpaired) electrons. The molecule has 28 heavy (non-hydrogen) atoms. The molecule has 2 aromatic carbocycles. The van der Waals surface area contributed by atoms with Crippen molar-refractivity contribution in [2.45, 2.75) is 13.5 Å². The number of benzene rings is 2. The number of methoxy groups -OCH3 is 1. The molecule has 1 heterocycles. The first-order valence-electron chi connectivity index (χ1n) is 8.11. The molecular formula is C20H14ClF2NO4. The zero-order valence-electron chi connectivity index (χ0n) is 14.9. The Balaban J connectivity index is 1.97. The van der Waals surface area contributed by atoms with Crippen molar-refractivity contribution in [3.05, 3.63) is 75.4 Å². The molecule has 0 atom stereocenters. The number of aromatic nitrogens is 1. The molecule has 0 saturated heterocycles. The minimum atomic E-state index is -1.23. The van der Waals surface area contributed by atoms with Gasteiger partial charge in [0.1, 0.15) is 6.61 Å². The number of ether oxygens (including phenoxy) is 2. The van der Waals surface area contributed by atoms with Crippen LogP contribution in [0.15, 0.2) is 36.4 Å². The molecule has 0 unspecified atom stereocenters. The number of hydrogen-bond donors (Lipinski definition) is 0. The number of fused-ring (bicyclic) bond motifs is 1. The van der Waals surface area contributed by atoms with E-state index in [0.29, 0.717) is 23.2 Å². The third kappa shape index (κ3) is 3.66. The van der Waals surface area contributed by atoms with Gasteiger partial charge in [-0.25, -0.2) is 23.4 Å².